The summed E-state index contributed by atoms with van der Waals surface area (Å²) in [6.07, 6.45) is 1.87. The molecule has 5 aromatic carbocycles. The molecular formula is C31H19NO. The second-order valence-electron chi connectivity index (χ2n) is 8.37. The molecule has 2 heteroatoms. The van der Waals surface area contributed by atoms with Gasteiger partial charge in [-0.25, -0.2) is 0 Å². The third kappa shape index (κ3) is 2.71. The number of furan rings is 1. The first-order valence-electron chi connectivity index (χ1n) is 11.1. The number of benzene rings is 5. The van der Waals surface area contributed by atoms with E-state index in [1.165, 1.54) is 21.9 Å². The van der Waals surface area contributed by atoms with Crippen LogP contribution in [0.3, 0.4) is 0 Å². The molecule has 0 N–H and O–H groups in total. The van der Waals surface area contributed by atoms with Gasteiger partial charge in [0.25, 0.3) is 0 Å². The third-order valence-corrected chi connectivity index (χ3v) is 6.52. The molecule has 0 aliphatic rings. The summed E-state index contributed by atoms with van der Waals surface area (Å²) in [4.78, 5) is 4.77. The Morgan fingerprint density at radius 2 is 1.27 bits per heavy atom. The molecule has 0 saturated heterocycles. The monoisotopic (exact) mass is 421 g/mol. The number of pyridine rings is 1. The zero-order valence-corrected chi connectivity index (χ0v) is 17.8. The maximum atomic E-state index is 6.48. The van der Waals surface area contributed by atoms with E-state index in [9.17, 15) is 0 Å². The van der Waals surface area contributed by atoms with Crippen LogP contribution in [-0.2, 0) is 0 Å². The Kier molecular flexibility index (Phi) is 3.88. The van der Waals surface area contributed by atoms with Gasteiger partial charge in [0.1, 0.15) is 11.2 Å². The average molecular weight is 421 g/mol. The molecule has 0 amide bonds. The fourth-order valence-corrected chi connectivity index (χ4v) is 5.04. The van der Waals surface area contributed by atoms with Crippen molar-refractivity contribution in [1.29, 1.82) is 0 Å². The summed E-state index contributed by atoms with van der Waals surface area (Å²) in [5.41, 5.74) is 7.45. The van der Waals surface area contributed by atoms with Crippen LogP contribution in [0.25, 0.3) is 65.9 Å². The zero-order chi connectivity index (χ0) is 21.8. The minimum atomic E-state index is 0.903. The van der Waals surface area contributed by atoms with Crippen LogP contribution < -0.4 is 0 Å². The van der Waals surface area contributed by atoms with Crippen LogP contribution in [-0.4, -0.2) is 4.98 Å². The molecule has 0 aliphatic heterocycles. The van der Waals surface area contributed by atoms with Gasteiger partial charge in [-0.1, -0.05) is 91.0 Å². The maximum Gasteiger partial charge on any atom is 0.143 e. The first-order chi connectivity index (χ1) is 16.4. The van der Waals surface area contributed by atoms with Crippen molar-refractivity contribution < 1.29 is 4.42 Å². The third-order valence-electron chi connectivity index (χ3n) is 6.52. The summed E-state index contributed by atoms with van der Waals surface area (Å²) in [7, 11) is 0. The fraction of sp³-hybridized carbons (Fsp3) is 0. The molecule has 7 rings (SSSR count). The number of para-hydroxylation sites is 1. The van der Waals surface area contributed by atoms with Crippen LogP contribution in [0.2, 0.25) is 0 Å². The van der Waals surface area contributed by atoms with Gasteiger partial charge in [-0.05, 0) is 40.3 Å². The predicted octanol–water partition coefficient (Wildman–Crippen LogP) is 8.62. The minimum Gasteiger partial charge on any atom is -0.455 e. The van der Waals surface area contributed by atoms with E-state index in [0.29, 0.717) is 0 Å². The van der Waals surface area contributed by atoms with Crippen LogP contribution in [0, 0.1) is 0 Å². The molecule has 33 heavy (non-hydrogen) atoms. The largest absolute Gasteiger partial charge is 0.455 e. The van der Waals surface area contributed by atoms with Crippen molar-refractivity contribution in [2.24, 2.45) is 0 Å². The molecule has 2 aromatic heterocycles. The van der Waals surface area contributed by atoms with E-state index in [1.54, 1.807) is 0 Å². The number of hydrogen-bond donors (Lipinski definition) is 0. The highest BCUT2D eigenvalue weighted by molar-refractivity contribution is 6.21. The lowest BCUT2D eigenvalue weighted by molar-refractivity contribution is 0.670. The van der Waals surface area contributed by atoms with Gasteiger partial charge in [0.05, 0.1) is 5.52 Å². The van der Waals surface area contributed by atoms with Gasteiger partial charge in [0.2, 0.25) is 0 Å². The van der Waals surface area contributed by atoms with E-state index in [4.69, 9.17) is 9.40 Å². The van der Waals surface area contributed by atoms with Gasteiger partial charge in [-0.3, -0.25) is 4.98 Å². The molecule has 2 nitrogen and oxygen atoms in total. The highest BCUT2D eigenvalue weighted by Gasteiger charge is 2.19. The lowest BCUT2D eigenvalue weighted by Crippen LogP contribution is -1.88. The average Bonchev–Trinajstić information content (AvgIpc) is 3.28. The number of rotatable bonds is 2. The molecule has 2 heterocycles. The highest BCUT2D eigenvalue weighted by atomic mass is 16.3. The van der Waals surface area contributed by atoms with Crippen LogP contribution >= 0.6 is 0 Å². The summed E-state index contributed by atoms with van der Waals surface area (Å²) in [6, 6.07) is 38.1. The van der Waals surface area contributed by atoms with E-state index >= 15 is 0 Å². The SMILES string of the molecule is c1ccc(-c2ccc(-c3cccc4ccc5cccnc5c34)c3c2oc2ccccc23)cc1. The first kappa shape index (κ1) is 18.2. The van der Waals surface area contributed by atoms with Gasteiger partial charge >= 0.3 is 0 Å². The van der Waals surface area contributed by atoms with E-state index < -0.39 is 0 Å². The Morgan fingerprint density at radius 1 is 0.515 bits per heavy atom. The lowest BCUT2D eigenvalue weighted by Gasteiger charge is -2.12. The summed E-state index contributed by atoms with van der Waals surface area (Å²) < 4.78 is 6.48. The van der Waals surface area contributed by atoms with Gasteiger partial charge < -0.3 is 4.42 Å². The number of nitrogens with zero attached hydrogens (tertiary/aromatic N) is 1. The second-order valence-corrected chi connectivity index (χ2v) is 8.37. The second kappa shape index (κ2) is 7.04. The van der Waals surface area contributed by atoms with Gasteiger partial charge in [0, 0.05) is 33.3 Å². The summed E-state index contributed by atoms with van der Waals surface area (Å²) in [5, 5.41) is 5.78. The van der Waals surface area contributed by atoms with Crippen molar-refractivity contribution in [2.75, 3.05) is 0 Å². The summed E-state index contributed by atoms with van der Waals surface area (Å²) >= 11 is 0. The zero-order valence-electron chi connectivity index (χ0n) is 17.8. The highest BCUT2D eigenvalue weighted by Crippen LogP contribution is 2.44. The minimum absolute atomic E-state index is 0.903. The Bertz CT molecular complexity index is 1810. The standard InChI is InChI=1S/C31H19NO/c1-2-8-20(9-3-1)23-17-18-25(29-26-12-4-5-14-27(26)33-31(23)29)24-13-6-10-21-15-16-22-11-7-19-32-30(22)28(21)24/h1-19H. The molecule has 0 radical (unpaired) electrons. The van der Waals surface area contributed by atoms with Crippen LogP contribution in [0.1, 0.15) is 0 Å². The topological polar surface area (TPSA) is 26.0 Å². The van der Waals surface area contributed by atoms with Crippen molar-refractivity contribution >= 4 is 43.6 Å². The molecule has 0 unspecified atom stereocenters. The van der Waals surface area contributed by atoms with E-state index in [-0.39, 0.29) is 0 Å². The molecule has 0 saturated carbocycles. The Labute approximate surface area is 190 Å². The van der Waals surface area contributed by atoms with Crippen LogP contribution in [0.5, 0.6) is 0 Å². The molecule has 154 valence electrons. The van der Waals surface area contributed by atoms with Crippen molar-refractivity contribution in [2.45, 2.75) is 0 Å². The number of aromatic nitrogens is 1. The van der Waals surface area contributed by atoms with E-state index in [2.05, 4.69) is 84.9 Å². The number of fused-ring (bicyclic) bond motifs is 6. The normalized spacial score (nSPS) is 11.6. The Balaban J connectivity index is 1.65. The Morgan fingerprint density at radius 3 is 2.21 bits per heavy atom. The molecular weight excluding hydrogens is 402 g/mol. The summed E-state index contributed by atoms with van der Waals surface area (Å²) in [6.45, 7) is 0. The lowest BCUT2D eigenvalue weighted by atomic mass is 9.91. The van der Waals surface area contributed by atoms with Crippen LogP contribution in [0.4, 0.5) is 0 Å². The van der Waals surface area contributed by atoms with Crippen molar-refractivity contribution in [1.82, 2.24) is 4.98 Å². The van der Waals surface area contributed by atoms with Crippen LogP contribution in [0.15, 0.2) is 120 Å². The Hall–Kier alpha value is -4.43. The maximum absolute atomic E-state index is 6.48. The van der Waals surface area contributed by atoms with Crippen molar-refractivity contribution in [3.63, 3.8) is 0 Å². The fourth-order valence-electron chi connectivity index (χ4n) is 5.04. The van der Waals surface area contributed by atoms with Gasteiger partial charge in [-0.15, -0.1) is 0 Å². The molecule has 0 spiro atoms. The van der Waals surface area contributed by atoms with Crippen molar-refractivity contribution in [3.05, 3.63) is 115 Å². The van der Waals surface area contributed by atoms with E-state index in [1.807, 2.05) is 30.5 Å². The van der Waals surface area contributed by atoms with Gasteiger partial charge in [-0.2, -0.15) is 0 Å². The quantitative estimate of drug-likeness (QED) is 0.261. The smallest absolute Gasteiger partial charge is 0.143 e. The number of hydrogen-bond acceptors (Lipinski definition) is 2. The molecule has 0 atom stereocenters. The molecule has 0 aliphatic carbocycles. The summed E-state index contributed by atoms with van der Waals surface area (Å²) in [5.74, 6) is 0. The predicted molar refractivity (Wildman–Crippen MR) is 137 cm³/mol. The van der Waals surface area contributed by atoms with Crippen molar-refractivity contribution in [3.8, 4) is 22.3 Å². The molecule has 0 fully saturated rings. The van der Waals surface area contributed by atoms with E-state index in [0.717, 1.165) is 44.0 Å². The molecule has 0 bridgehead atoms. The first-order valence-corrected chi connectivity index (χ1v) is 11.1. The van der Waals surface area contributed by atoms with Gasteiger partial charge in [0.15, 0.2) is 0 Å². The molecule has 7 aromatic rings.